The number of benzene rings is 3. The first-order chi connectivity index (χ1) is 11.3. The van der Waals surface area contributed by atoms with Crippen molar-refractivity contribution in [2.45, 2.75) is 0 Å². The van der Waals surface area contributed by atoms with Crippen LogP contribution in [0.3, 0.4) is 0 Å². The highest BCUT2D eigenvalue weighted by molar-refractivity contribution is 5.76. The van der Waals surface area contributed by atoms with Gasteiger partial charge in [0, 0.05) is 22.6 Å². The fraction of sp³-hybridized carbons (Fsp3) is 0.0476. The summed E-state index contributed by atoms with van der Waals surface area (Å²) < 4.78 is 5.25. The number of hydrogen-bond donors (Lipinski definition) is 0. The van der Waals surface area contributed by atoms with Gasteiger partial charge in [-0.2, -0.15) is 0 Å². The maximum Gasteiger partial charge on any atom is 0.119 e. The second-order valence-corrected chi connectivity index (χ2v) is 5.06. The van der Waals surface area contributed by atoms with Crippen molar-refractivity contribution in [2.24, 2.45) is 0 Å². The molecule has 0 bridgehead atoms. The van der Waals surface area contributed by atoms with Crippen LogP contribution in [0.4, 0.5) is 17.1 Å². The molecule has 0 N–H and O–H groups in total. The van der Waals surface area contributed by atoms with Crippen LogP contribution in [0.25, 0.3) is 0 Å². The molecule has 0 spiro atoms. The van der Waals surface area contributed by atoms with Crippen LogP contribution in [0, 0.1) is 12.3 Å². The van der Waals surface area contributed by atoms with Crippen LogP contribution in [-0.2, 0) is 0 Å². The number of rotatable bonds is 4. The Bertz CT molecular complexity index is 799. The lowest BCUT2D eigenvalue weighted by Gasteiger charge is -2.25. The average molecular weight is 299 g/mol. The van der Waals surface area contributed by atoms with Crippen molar-refractivity contribution in [3.63, 3.8) is 0 Å². The molecule has 0 saturated heterocycles. The molecule has 0 fully saturated rings. The Morgan fingerprint density at radius 2 is 1.26 bits per heavy atom. The molecule has 0 aliphatic carbocycles. The Labute approximate surface area is 137 Å². The lowest BCUT2D eigenvalue weighted by atomic mass is 10.1. The van der Waals surface area contributed by atoms with Crippen molar-refractivity contribution in [1.29, 1.82) is 0 Å². The van der Waals surface area contributed by atoms with Crippen molar-refractivity contribution in [2.75, 3.05) is 12.0 Å². The highest BCUT2D eigenvalue weighted by Gasteiger charge is 2.11. The molecule has 0 saturated carbocycles. The van der Waals surface area contributed by atoms with Crippen molar-refractivity contribution in [3.8, 4) is 18.1 Å². The van der Waals surface area contributed by atoms with Gasteiger partial charge in [-0.05, 0) is 60.7 Å². The minimum Gasteiger partial charge on any atom is -0.497 e. The second-order valence-electron chi connectivity index (χ2n) is 5.06. The smallest absolute Gasteiger partial charge is 0.119 e. The van der Waals surface area contributed by atoms with Gasteiger partial charge in [0.15, 0.2) is 0 Å². The fourth-order valence-electron chi connectivity index (χ4n) is 2.46. The highest BCUT2D eigenvalue weighted by atomic mass is 16.5. The van der Waals surface area contributed by atoms with E-state index in [0.717, 1.165) is 28.4 Å². The molecule has 3 aromatic carbocycles. The summed E-state index contributed by atoms with van der Waals surface area (Å²) >= 11 is 0. The third-order valence-electron chi connectivity index (χ3n) is 3.64. The molecule has 3 rings (SSSR count). The molecule has 0 unspecified atom stereocenters. The van der Waals surface area contributed by atoms with Gasteiger partial charge in [-0.25, -0.2) is 0 Å². The maximum atomic E-state index is 5.45. The standard InChI is InChI=1S/C21H17NO/c1-3-17-9-11-19(12-10-17)22(18-7-5-4-6-8-18)20-13-15-21(23-2)16-14-20/h1,4-16H,2H3. The molecule has 2 nitrogen and oxygen atoms in total. The average Bonchev–Trinajstić information content (AvgIpc) is 2.64. The largest absolute Gasteiger partial charge is 0.497 e. The Morgan fingerprint density at radius 1 is 0.739 bits per heavy atom. The lowest BCUT2D eigenvalue weighted by Crippen LogP contribution is -2.09. The van der Waals surface area contributed by atoms with Gasteiger partial charge in [-0.3, -0.25) is 0 Å². The molecule has 0 aliphatic heterocycles. The molecule has 0 amide bonds. The number of para-hydroxylation sites is 1. The van der Waals surface area contributed by atoms with Crippen LogP contribution >= 0.6 is 0 Å². The molecule has 0 heterocycles. The number of anilines is 3. The molecular weight excluding hydrogens is 282 g/mol. The van der Waals surface area contributed by atoms with Gasteiger partial charge in [0.1, 0.15) is 5.75 Å². The monoisotopic (exact) mass is 299 g/mol. The first-order valence-electron chi connectivity index (χ1n) is 7.38. The third-order valence-corrected chi connectivity index (χ3v) is 3.64. The van der Waals surface area contributed by atoms with Gasteiger partial charge < -0.3 is 9.64 Å². The summed E-state index contributed by atoms with van der Waals surface area (Å²) in [6.45, 7) is 0. The topological polar surface area (TPSA) is 12.5 Å². The summed E-state index contributed by atoms with van der Waals surface area (Å²) in [4.78, 5) is 2.18. The van der Waals surface area contributed by atoms with Crippen LogP contribution in [0.15, 0.2) is 78.9 Å². The summed E-state index contributed by atoms with van der Waals surface area (Å²) in [6, 6.07) is 26.2. The SMILES string of the molecule is C#Cc1ccc(N(c2ccccc2)c2ccc(OC)cc2)cc1. The number of ether oxygens (including phenoxy) is 1. The minimum absolute atomic E-state index is 0.837. The molecule has 2 heteroatoms. The molecule has 3 aromatic rings. The van der Waals surface area contributed by atoms with Crippen molar-refractivity contribution < 1.29 is 4.74 Å². The van der Waals surface area contributed by atoms with Crippen molar-refractivity contribution >= 4 is 17.1 Å². The summed E-state index contributed by atoms with van der Waals surface area (Å²) in [5, 5.41) is 0. The second kappa shape index (κ2) is 6.72. The zero-order chi connectivity index (χ0) is 16.1. The summed E-state index contributed by atoms with van der Waals surface area (Å²) in [6.07, 6.45) is 5.45. The van der Waals surface area contributed by atoms with Gasteiger partial charge in [-0.1, -0.05) is 24.1 Å². The summed E-state index contributed by atoms with van der Waals surface area (Å²) in [5.74, 6) is 3.49. The fourth-order valence-corrected chi connectivity index (χ4v) is 2.46. The predicted octanol–water partition coefficient (Wildman–Crippen LogP) is 5.15. The number of methoxy groups -OCH3 is 1. The normalized spacial score (nSPS) is 9.91. The van der Waals surface area contributed by atoms with Crippen LogP contribution in [0.1, 0.15) is 5.56 Å². The van der Waals surface area contributed by atoms with Gasteiger partial charge in [0.25, 0.3) is 0 Å². The molecule has 0 aliphatic rings. The van der Waals surface area contributed by atoms with Crippen LogP contribution in [0.5, 0.6) is 5.75 Å². The van der Waals surface area contributed by atoms with Gasteiger partial charge in [0.2, 0.25) is 0 Å². The molecule has 0 radical (unpaired) electrons. The van der Waals surface area contributed by atoms with E-state index in [0.29, 0.717) is 0 Å². The molecule has 0 atom stereocenters. The van der Waals surface area contributed by atoms with Gasteiger partial charge >= 0.3 is 0 Å². The highest BCUT2D eigenvalue weighted by Crippen LogP contribution is 2.34. The first kappa shape index (κ1) is 14.7. The third kappa shape index (κ3) is 3.20. The lowest BCUT2D eigenvalue weighted by molar-refractivity contribution is 0.415. The van der Waals surface area contributed by atoms with E-state index in [2.05, 4.69) is 23.0 Å². The first-order valence-corrected chi connectivity index (χ1v) is 7.38. The molecular formula is C21H17NO. The number of terminal acetylenes is 1. The van der Waals surface area contributed by atoms with E-state index >= 15 is 0 Å². The van der Waals surface area contributed by atoms with Gasteiger partial charge in [-0.15, -0.1) is 6.42 Å². The maximum absolute atomic E-state index is 5.45. The Kier molecular flexibility index (Phi) is 4.31. The van der Waals surface area contributed by atoms with Crippen molar-refractivity contribution in [1.82, 2.24) is 0 Å². The van der Waals surface area contributed by atoms with Gasteiger partial charge in [0.05, 0.1) is 7.11 Å². The van der Waals surface area contributed by atoms with E-state index in [9.17, 15) is 0 Å². The Balaban J connectivity index is 2.07. The molecule has 23 heavy (non-hydrogen) atoms. The van der Waals surface area contributed by atoms with E-state index in [1.54, 1.807) is 7.11 Å². The minimum atomic E-state index is 0.837. The summed E-state index contributed by atoms with van der Waals surface area (Å²) in [7, 11) is 1.67. The van der Waals surface area contributed by atoms with E-state index in [-0.39, 0.29) is 0 Å². The van der Waals surface area contributed by atoms with E-state index in [1.807, 2.05) is 66.7 Å². The molecule has 0 aromatic heterocycles. The van der Waals surface area contributed by atoms with E-state index < -0.39 is 0 Å². The van der Waals surface area contributed by atoms with Crippen LogP contribution < -0.4 is 9.64 Å². The zero-order valence-corrected chi connectivity index (χ0v) is 12.9. The van der Waals surface area contributed by atoms with Crippen molar-refractivity contribution in [3.05, 3.63) is 84.4 Å². The van der Waals surface area contributed by atoms with E-state index in [1.165, 1.54) is 0 Å². The Morgan fingerprint density at radius 3 is 1.78 bits per heavy atom. The van der Waals surface area contributed by atoms with Crippen LogP contribution in [0.2, 0.25) is 0 Å². The zero-order valence-electron chi connectivity index (χ0n) is 12.9. The quantitative estimate of drug-likeness (QED) is 0.618. The number of hydrogen-bond acceptors (Lipinski definition) is 2. The molecule has 112 valence electrons. The predicted molar refractivity (Wildman–Crippen MR) is 95.6 cm³/mol. The number of nitrogens with zero attached hydrogens (tertiary/aromatic N) is 1. The summed E-state index contributed by atoms with van der Waals surface area (Å²) in [5.41, 5.74) is 4.08. The Hall–Kier alpha value is -3.18. The van der Waals surface area contributed by atoms with Crippen LogP contribution in [-0.4, -0.2) is 7.11 Å². The van der Waals surface area contributed by atoms with E-state index in [4.69, 9.17) is 11.2 Å².